The van der Waals surface area contributed by atoms with E-state index in [0.717, 1.165) is 0 Å². The molecule has 134 valence electrons. The van der Waals surface area contributed by atoms with E-state index in [-0.39, 0.29) is 18.2 Å². The van der Waals surface area contributed by atoms with Gasteiger partial charge in [-0.2, -0.15) is 0 Å². The number of amides is 2. The van der Waals surface area contributed by atoms with E-state index < -0.39 is 0 Å². The van der Waals surface area contributed by atoms with Crippen molar-refractivity contribution in [3.05, 3.63) is 23.2 Å². The molecule has 1 heterocycles. The van der Waals surface area contributed by atoms with Gasteiger partial charge < -0.3 is 24.8 Å². The summed E-state index contributed by atoms with van der Waals surface area (Å²) in [5.41, 5.74) is 1.08. The summed E-state index contributed by atoms with van der Waals surface area (Å²) < 4.78 is 15.7. The Morgan fingerprint density at radius 1 is 1.08 bits per heavy atom. The second-order valence-corrected chi connectivity index (χ2v) is 5.82. The lowest BCUT2D eigenvalue weighted by Gasteiger charge is -2.14. The molecule has 0 bridgehead atoms. The highest BCUT2D eigenvalue weighted by molar-refractivity contribution is 7.13. The molecule has 0 saturated heterocycles. The Bertz CT molecular complexity index is 750. The lowest BCUT2D eigenvalue weighted by Crippen LogP contribution is -2.15. The van der Waals surface area contributed by atoms with Crippen molar-refractivity contribution < 1.29 is 23.8 Å². The molecule has 1 aromatic carbocycles. The summed E-state index contributed by atoms with van der Waals surface area (Å²) >= 11 is 1.26. The van der Waals surface area contributed by atoms with E-state index in [4.69, 9.17) is 14.2 Å². The molecular formula is C16H19N3O5S. The summed E-state index contributed by atoms with van der Waals surface area (Å²) in [5, 5.41) is 7.53. The van der Waals surface area contributed by atoms with E-state index in [9.17, 15) is 9.59 Å². The summed E-state index contributed by atoms with van der Waals surface area (Å²) in [4.78, 5) is 27.4. The predicted octanol–water partition coefficient (Wildman–Crippen LogP) is 2.31. The van der Waals surface area contributed by atoms with Gasteiger partial charge in [0.05, 0.1) is 33.4 Å². The van der Waals surface area contributed by atoms with Crippen LogP contribution in [0.1, 0.15) is 12.6 Å². The zero-order valence-electron chi connectivity index (χ0n) is 14.3. The first-order valence-electron chi connectivity index (χ1n) is 7.28. The maximum absolute atomic E-state index is 12.2. The lowest BCUT2D eigenvalue weighted by molar-refractivity contribution is -0.116. The number of thiazole rings is 1. The number of carbonyl (C=O) groups excluding carboxylic acids is 2. The van der Waals surface area contributed by atoms with Crippen molar-refractivity contribution in [2.24, 2.45) is 0 Å². The van der Waals surface area contributed by atoms with Gasteiger partial charge in [0.15, 0.2) is 16.6 Å². The second-order valence-electron chi connectivity index (χ2n) is 4.96. The van der Waals surface area contributed by atoms with E-state index in [1.165, 1.54) is 39.6 Å². The third-order valence-corrected chi connectivity index (χ3v) is 3.93. The lowest BCUT2D eigenvalue weighted by atomic mass is 10.2. The number of hydrogen-bond acceptors (Lipinski definition) is 7. The fourth-order valence-electron chi connectivity index (χ4n) is 2.12. The van der Waals surface area contributed by atoms with Crippen LogP contribution in [0.25, 0.3) is 0 Å². The van der Waals surface area contributed by atoms with Gasteiger partial charge in [-0.25, -0.2) is 4.98 Å². The van der Waals surface area contributed by atoms with Crippen LogP contribution in [-0.4, -0.2) is 38.1 Å². The average molecular weight is 365 g/mol. The molecule has 2 aromatic rings. The van der Waals surface area contributed by atoms with Crippen molar-refractivity contribution in [3.63, 3.8) is 0 Å². The highest BCUT2D eigenvalue weighted by Gasteiger charge is 2.15. The minimum atomic E-state index is -0.256. The van der Waals surface area contributed by atoms with Crippen molar-refractivity contribution in [2.75, 3.05) is 32.0 Å². The monoisotopic (exact) mass is 365 g/mol. The Morgan fingerprint density at radius 2 is 1.72 bits per heavy atom. The fraction of sp³-hybridized carbons (Fsp3) is 0.312. The van der Waals surface area contributed by atoms with Gasteiger partial charge in [-0.05, 0) is 0 Å². The van der Waals surface area contributed by atoms with Crippen LogP contribution in [0.5, 0.6) is 17.2 Å². The number of methoxy groups -OCH3 is 3. The normalized spacial score (nSPS) is 10.1. The summed E-state index contributed by atoms with van der Waals surface area (Å²) in [5.74, 6) is 0.872. The SMILES string of the molecule is COc1cc(NC(=O)Cc2csc(NC(C)=O)n2)cc(OC)c1OC. The predicted molar refractivity (Wildman–Crippen MR) is 94.8 cm³/mol. The molecule has 0 spiro atoms. The fourth-order valence-corrected chi connectivity index (χ4v) is 2.88. The van der Waals surface area contributed by atoms with Crippen LogP contribution in [-0.2, 0) is 16.0 Å². The summed E-state index contributed by atoms with van der Waals surface area (Å²) in [7, 11) is 4.51. The van der Waals surface area contributed by atoms with Crippen molar-refractivity contribution >= 4 is 34.0 Å². The first-order chi connectivity index (χ1) is 12.0. The maximum atomic E-state index is 12.2. The topological polar surface area (TPSA) is 98.8 Å². The largest absolute Gasteiger partial charge is 0.493 e. The Hall–Kier alpha value is -2.81. The van der Waals surface area contributed by atoms with E-state index >= 15 is 0 Å². The number of aromatic nitrogens is 1. The molecule has 2 amide bonds. The molecule has 2 rings (SSSR count). The number of nitrogens with zero attached hydrogens (tertiary/aromatic N) is 1. The Kier molecular flexibility index (Phi) is 6.18. The minimum absolute atomic E-state index is 0.0761. The highest BCUT2D eigenvalue weighted by atomic mass is 32.1. The first-order valence-corrected chi connectivity index (χ1v) is 8.16. The van der Waals surface area contributed by atoms with Crippen molar-refractivity contribution in [1.82, 2.24) is 4.98 Å². The van der Waals surface area contributed by atoms with Crippen LogP contribution in [0, 0.1) is 0 Å². The Balaban J connectivity index is 2.09. The van der Waals surface area contributed by atoms with Gasteiger partial charge >= 0.3 is 0 Å². The molecule has 8 nitrogen and oxygen atoms in total. The van der Waals surface area contributed by atoms with Crippen molar-refractivity contribution in [3.8, 4) is 17.2 Å². The molecule has 9 heteroatoms. The van der Waals surface area contributed by atoms with Gasteiger partial charge in [0.25, 0.3) is 0 Å². The molecule has 0 aliphatic rings. The quantitative estimate of drug-likeness (QED) is 0.781. The maximum Gasteiger partial charge on any atom is 0.230 e. The zero-order valence-corrected chi connectivity index (χ0v) is 15.2. The van der Waals surface area contributed by atoms with Gasteiger partial charge in [-0.3, -0.25) is 9.59 Å². The summed E-state index contributed by atoms with van der Waals surface area (Å²) in [6, 6.07) is 3.28. The van der Waals surface area contributed by atoms with Crippen LogP contribution < -0.4 is 24.8 Å². The molecular weight excluding hydrogens is 346 g/mol. The zero-order chi connectivity index (χ0) is 18.4. The molecule has 1 aromatic heterocycles. The third kappa shape index (κ3) is 4.83. The van der Waals surface area contributed by atoms with Crippen LogP contribution in [0.3, 0.4) is 0 Å². The number of benzene rings is 1. The van der Waals surface area contributed by atoms with E-state index in [1.54, 1.807) is 17.5 Å². The molecule has 0 fully saturated rings. The van der Waals surface area contributed by atoms with Gasteiger partial charge in [0.2, 0.25) is 17.6 Å². The molecule has 0 atom stereocenters. The van der Waals surface area contributed by atoms with E-state index in [2.05, 4.69) is 15.6 Å². The summed E-state index contributed by atoms with van der Waals surface area (Å²) in [6.45, 7) is 1.40. The van der Waals surface area contributed by atoms with Crippen LogP contribution in [0.15, 0.2) is 17.5 Å². The Labute approximate surface area is 149 Å². The minimum Gasteiger partial charge on any atom is -0.493 e. The molecule has 25 heavy (non-hydrogen) atoms. The van der Waals surface area contributed by atoms with E-state index in [0.29, 0.717) is 33.8 Å². The van der Waals surface area contributed by atoms with Gasteiger partial charge in [-0.1, -0.05) is 0 Å². The van der Waals surface area contributed by atoms with Crippen molar-refractivity contribution in [1.29, 1.82) is 0 Å². The molecule has 0 radical (unpaired) electrons. The third-order valence-electron chi connectivity index (χ3n) is 3.12. The molecule has 0 saturated carbocycles. The number of hydrogen-bond donors (Lipinski definition) is 2. The standard InChI is InChI=1S/C16H19N3O5S/c1-9(20)17-16-19-11(8-25-16)7-14(21)18-10-5-12(22-2)15(24-4)13(6-10)23-3/h5-6,8H,7H2,1-4H3,(H,18,21)(H,17,19,20). The van der Waals surface area contributed by atoms with Crippen LogP contribution >= 0.6 is 11.3 Å². The van der Waals surface area contributed by atoms with Gasteiger partial charge in [0.1, 0.15) is 0 Å². The first kappa shape index (κ1) is 18.5. The number of carbonyl (C=O) groups is 2. The number of rotatable bonds is 7. The second kappa shape index (κ2) is 8.34. The molecule has 0 unspecified atom stereocenters. The van der Waals surface area contributed by atoms with Crippen LogP contribution in [0.2, 0.25) is 0 Å². The highest BCUT2D eigenvalue weighted by Crippen LogP contribution is 2.39. The molecule has 2 N–H and O–H groups in total. The number of nitrogens with one attached hydrogen (secondary N) is 2. The Morgan fingerprint density at radius 3 is 2.24 bits per heavy atom. The molecule has 0 aliphatic heterocycles. The van der Waals surface area contributed by atoms with Crippen molar-refractivity contribution in [2.45, 2.75) is 13.3 Å². The average Bonchev–Trinajstić information content (AvgIpc) is 2.99. The van der Waals surface area contributed by atoms with Gasteiger partial charge in [-0.15, -0.1) is 11.3 Å². The summed E-state index contributed by atoms with van der Waals surface area (Å²) in [6.07, 6.45) is 0.0761. The van der Waals surface area contributed by atoms with E-state index in [1.807, 2.05) is 0 Å². The number of anilines is 2. The smallest absolute Gasteiger partial charge is 0.230 e. The molecule has 0 aliphatic carbocycles. The number of ether oxygens (including phenoxy) is 3. The van der Waals surface area contributed by atoms with Crippen LogP contribution in [0.4, 0.5) is 10.8 Å². The van der Waals surface area contributed by atoms with Gasteiger partial charge in [0, 0.05) is 30.1 Å².